The molecule has 1 amide bonds. The van der Waals surface area contributed by atoms with Gasteiger partial charge in [0.05, 0.1) is 12.7 Å². The van der Waals surface area contributed by atoms with Gasteiger partial charge in [-0.3, -0.25) is 9.48 Å². The molecule has 1 aromatic carbocycles. The molecule has 1 aliphatic heterocycles. The van der Waals surface area contributed by atoms with Gasteiger partial charge >= 0.3 is 0 Å². The molecule has 2 aromatic rings. The summed E-state index contributed by atoms with van der Waals surface area (Å²) in [5.74, 6) is -0.209. The molecule has 1 saturated heterocycles. The summed E-state index contributed by atoms with van der Waals surface area (Å²) in [6, 6.07) is 9.41. The lowest BCUT2D eigenvalue weighted by Crippen LogP contribution is -2.33. The van der Waals surface area contributed by atoms with Crippen molar-refractivity contribution < 1.29 is 9.53 Å². The third-order valence-corrected chi connectivity index (χ3v) is 3.41. The Kier molecular flexibility index (Phi) is 3.98. The van der Waals surface area contributed by atoms with E-state index in [4.69, 9.17) is 4.74 Å². The van der Waals surface area contributed by atoms with E-state index in [-0.39, 0.29) is 12.0 Å². The summed E-state index contributed by atoms with van der Waals surface area (Å²) in [6.07, 6.45) is 1.82. The van der Waals surface area contributed by atoms with Gasteiger partial charge < -0.3 is 15.4 Å². The van der Waals surface area contributed by atoms with Crippen LogP contribution in [0.5, 0.6) is 0 Å². The molecule has 0 saturated carbocycles. The minimum absolute atomic E-state index is 0.0827. The van der Waals surface area contributed by atoms with E-state index in [1.165, 1.54) is 0 Å². The lowest BCUT2D eigenvalue weighted by Gasteiger charge is -2.24. The van der Waals surface area contributed by atoms with E-state index in [2.05, 4.69) is 15.7 Å². The molecule has 3 rings (SSSR count). The molecule has 1 aromatic heterocycles. The largest absolute Gasteiger partial charge is 0.371 e. The second kappa shape index (κ2) is 6.07. The number of carbonyl (C=O) groups excluding carboxylic acids is 1. The quantitative estimate of drug-likeness (QED) is 0.893. The number of benzene rings is 1. The summed E-state index contributed by atoms with van der Waals surface area (Å²) < 4.78 is 7.30. The zero-order valence-electron chi connectivity index (χ0n) is 11.9. The number of nitrogens with zero attached hydrogens (tertiary/aromatic N) is 2. The molecule has 1 aliphatic rings. The smallest absolute Gasteiger partial charge is 0.276 e. The highest BCUT2D eigenvalue weighted by atomic mass is 16.5. The average Bonchev–Trinajstić information content (AvgIpc) is 2.96. The van der Waals surface area contributed by atoms with Crippen LogP contribution in [0.3, 0.4) is 0 Å². The maximum absolute atomic E-state index is 12.0. The summed E-state index contributed by atoms with van der Waals surface area (Å²) in [5.41, 5.74) is 2.26. The van der Waals surface area contributed by atoms with Gasteiger partial charge in [0, 0.05) is 32.0 Å². The van der Waals surface area contributed by atoms with E-state index in [9.17, 15) is 4.79 Å². The monoisotopic (exact) mass is 286 g/mol. The number of hydrogen-bond acceptors (Lipinski definition) is 4. The van der Waals surface area contributed by atoms with Crippen LogP contribution in [0.2, 0.25) is 0 Å². The third-order valence-electron chi connectivity index (χ3n) is 3.41. The first-order valence-electron chi connectivity index (χ1n) is 6.95. The molecule has 21 heavy (non-hydrogen) atoms. The van der Waals surface area contributed by atoms with Gasteiger partial charge in [0.15, 0.2) is 5.69 Å². The summed E-state index contributed by atoms with van der Waals surface area (Å²) in [5, 5.41) is 10.2. The van der Waals surface area contributed by atoms with Crippen LogP contribution in [0.15, 0.2) is 36.5 Å². The molecule has 2 heterocycles. The van der Waals surface area contributed by atoms with Gasteiger partial charge in [-0.25, -0.2) is 0 Å². The third kappa shape index (κ3) is 3.29. The number of ether oxygens (including phenoxy) is 1. The number of anilines is 1. The van der Waals surface area contributed by atoms with E-state index in [1.54, 1.807) is 24.0 Å². The van der Waals surface area contributed by atoms with Crippen molar-refractivity contribution in [3.8, 4) is 0 Å². The molecular weight excluding hydrogens is 268 g/mol. The van der Waals surface area contributed by atoms with Crippen molar-refractivity contribution in [2.24, 2.45) is 7.05 Å². The van der Waals surface area contributed by atoms with Crippen LogP contribution < -0.4 is 10.6 Å². The van der Waals surface area contributed by atoms with Gasteiger partial charge in [-0.15, -0.1) is 0 Å². The number of nitrogens with one attached hydrogen (secondary N) is 2. The van der Waals surface area contributed by atoms with Crippen molar-refractivity contribution in [1.29, 1.82) is 0 Å². The van der Waals surface area contributed by atoms with Crippen molar-refractivity contribution in [3.63, 3.8) is 0 Å². The van der Waals surface area contributed by atoms with Crippen LogP contribution in [0, 0.1) is 0 Å². The zero-order chi connectivity index (χ0) is 14.7. The predicted octanol–water partition coefficient (Wildman–Crippen LogP) is 1.33. The molecule has 0 spiro atoms. The van der Waals surface area contributed by atoms with Crippen LogP contribution >= 0.6 is 0 Å². The van der Waals surface area contributed by atoms with Gasteiger partial charge in [-0.1, -0.05) is 12.1 Å². The topological polar surface area (TPSA) is 68.2 Å². The molecule has 110 valence electrons. The molecule has 0 unspecified atom stereocenters. The Morgan fingerprint density at radius 2 is 2.19 bits per heavy atom. The van der Waals surface area contributed by atoms with Crippen LogP contribution in [-0.2, 0) is 11.8 Å². The Morgan fingerprint density at radius 3 is 2.81 bits per heavy atom. The fourth-order valence-corrected chi connectivity index (χ4v) is 2.29. The molecule has 0 aliphatic carbocycles. The van der Waals surface area contributed by atoms with Crippen molar-refractivity contribution >= 4 is 11.6 Å². The molecule has 1 fully saturated rings. The minimum Gasteiger partial charge on any atom is -0.371 e. The predicted molar refractivity (Wildman–Crippen MR) is 79.2 cm³/mol. The Morgan fingerprint density at radius 1 is 1.38 bits per heavy atom. The molecular formula is C15H18N4O2. The summed E-state index contributed by atoms with van der Waals surface area (Å²) in [7, 11) is 1.78. The van der Waals surface area contributed by atoms with Crippen molar-refractivity contribution in [2.45, 2.75) is 6.10 Å². The maximum Gasteiger partial charge on any atom is 0.276 e. The number of rotatable bonds is 3. The van der Waals surface area contributed by atoms with Crippen LogP contribution in [0.1, 0.15) is 22.2 Å². The molecule has 0 bridgehead atoms. The maximum atomic E-state index is 12.0. The molecule has 2 N–H and O–H groups in total. The van der Waals surface area contributed by atoms with Crippen molar-refractivity contribution in [2.75, 3.05) is 25.0 Å². The fraction of sp³-hybridized carbons (Fsp3) is 0.333. The number of carbonyl (C=O) groups is 1. The second-order valence-corrected chi connectivity index (χ2v) is 5.01. The first-order valence-corrected chi connectivity index (χ1v) is 6.95. The Labute approximate surface area is 123 Å². The molecule has 6 heteroatoms. The van der Waals surface area contributed by atoms with E-state index >= 15 is 0 Å². The Balaban J connectivity index is 1.65. The van der Waals surface area contributed by atoms with Gasteiger partial charge in [-0.05, 0) is 23.8 Å². The number of hydrogen-bond donors (Lipinski definition) is 2. The van der Waals surface area contributed by atoms with Crippen LogP contribution in [-0.4, -0.2) is 35.4 Å². The second-order valence-electron chi connectivity index (χ2n) is 5.01. The van der Waals surface area contributed by atoms with E-state index in [1.807, 2.05) is 24.3 Å². The van der Waals surface area contributed by atoms with Gasteiger partial charge in [0.2, 0.25) is 0 Å². The van der Waals surface area contributed by atoms with Crippen LogP contribution in [0.4, 0.5) is 5.69 Å². The Bertz CT molecular complexity index is 615. The number of aromatic nitrogens is 2. The van der Waals surface area contributed by atoms with Crippen LogP contribution in [0.25, 0.3) is 0 Å². The standard InChI is InChI=1S/C15H18N4O2/c1-19-8-6-13(18-19)15(20)17-12-4-2-11(3-5-12)14-10-16-7-9-21-14/h2-6,8,14,16H,7,9-10H2,1H3,(H,17,20)/t14-/m1/s1. The first kappa shape index (κ1) is 13.8. The lowest BCUT2D eigenvalue weighted by molar-refractivity contribution is 0.0277. The zero-order valence-corrected chi connectivity index (χ0v) is 11.9. The number of morpholine rings is 1. The molecule has 0 radical (unpaired) electrons. The van der Waals surface area contributed by atoms with Gasteiger partial charge in [-0.2, -0.15) is 5.10 Å². The summed E-state index contributed by atoms with van der Waals surface area (Å²) in [4.78, 5) is 12.0. The highest BCUT2D eigenvalue weighted by Crippen LogP contribution is 2.20. The number of amides is 1. The average molecular weight is 286 g/mol. The SMILES string of the molecule is Cn1ccc(C(=O)Nc2ccc([C@H]3CNCCO3)cc2)n1. The summed E-state index contributed by atoms with van der Waals surface area (Å²) in [6.45, 7) is 2.44. The molecule has 1 atom stereocenters. The first-order chi connectivity index (χ1) is 10.2. The Hall–Kier alpha value is -2.18. The number of aryl methyl sites for hydroxylation is 1. The van der Waals surface area contributed by atoms with E-state index in [0.717, 1.165) is 30.9 Å². The fourth-order valence-electron chi connectivity index (χ4n) is 2.29. The summed E-state index contributed by atoms with van der Waals surface area (Å²) >= 11 is 0. The highest BCUT2D eigenvalue weighted by Gasteiger charge is 2.15. The minimum atomic E-state index is -0.209. The van der Waals surface area contributed by atoms with Gasteiger partial charge in [0.25, 0.3) is 5.91 Å². The van der Waals surface area contributed by atoms with Gasteiger partial charge in [0.1, 0.15) is 0 Å². The normalized spacial score (nSPS) is 18.4. The van der Waals surface area contributed by atoms with Crippen molar-refractivity contribution in [1.82, 2.24) is 15.1 Å². The lowest BCUT2D eigenvalue weighted by atomic mass is 10.1. The van der Waals surface area contributed by atoms with E-state index in [0.29, 0.717) is 5.69 Å². The highest BCUT2D eigenvalue weighted by molar-refractivity contribution is 6.02. The van der Waals surface area contributed by atoms with Crippen molar-refractivity contribution in [3.05, 3.63) is 47.8 Å². The molecule has 6 nitrogen and oxygen atoms in total. The van der Waals surface area contributed by atoms with E-state index < -0.39 is 0 Å².